The smallest absolute Gasteiger partial charge is 0.312 e. The molecular formula is C28H30N2O5. The van der Waals surface area contributed by atoms with Crippen molar-refractivity contribution in [3.8, 4) is 11.5 Å². The first-order chi connectivity index (χ1) is 17.1. The first kappa shape index (κ1) is 23.2. The molecule has 35 heavy (non-hydrogen) atoms. The Hall–Kier alpha value is -3.58. The summed E-state index contributed by atoms with van der Waals surface area (Å²) in [7, 11) is 0. The lowest BCUT2D eigenvalue weighted by atomic mass is 9.89. The van der Waals surface area contributed by atoms with Crippen LogP contribution in [0.5, 0.6) is 11.5 Å². The number of hydrogen-bond acceptors (Lipinski definition) is 5. The third-order valence-electron chi connectivity index (χ3n) is 7.02. The molecule has 2 aromatic carbocycles. The van der Waals surface area contributed by atoms with Crippen molar-refractivity contribution in [2.75, 3.05) is 13.3 Å². The van der Waals surface area contributed by atoms with Crippen LogP contribution < -0.4 is 20.3 Å². The molecule has 7 heteroatoms. The predicted molar refractivity (Wildman–Crippen MR) is 132 cm³/mol. The zero-order chi connectivity index (χ0) is 24.2. The zero-order valence-corrected chi connectivity index (χ0v) is 19.6. The molecule has 0 saturated heterocycles. The molecule has 3 atom stereocenters. The number of aromatic nitrogens is 1. The van der Waals surface area contributed by atoms with E-state index in [0.717, 1.165) is 37.7 Å². The van der Waals surface area contributed by atoms with Gasteiger partial charge in [0.05, 0.1) is 12.0 Å². The Bertz CT molecular complexity index is 1240. The second kappa shape index (κ2) is 10.4. The topological polar surface area (TPSA) is 89.8 Å². The fraction of sp³-hybridized carbons (Fsp3) is 0.357. The Kier molecular flexibility index (Phi) is 6.86. The van der Waals surface area contributed by atoms with E-state index in [0.29, 0.717) is 17.1 Å². The van der Waals surface area contributed by atoms with Crippen molar-refractivity contribution < 1.29 is 19.4 Å². The summed E-state index contributed by atoms with van der Waals surface area (Å²) in [6.07, 6.45) is 6.61. The van der Waals surface area contributed by atoms with Gasteiger partial charge < -0.3 is 24.5 Å². The number of hydrogen-bond donors (Lipinski definition) is 2. The highest BCUT2D eigenvalue weighted by molar-refractivity contribution is 5.77. The molecule has 2 heterocycles. The van der Waals surface area contributed by atoms with E-state index in [1.165, 1.54) is 5.56 Å². The molecule has 0 radical (unpaired) electrons. The van der Waals surface area contributed by atoms with E-state index < -0.39 is 11.9 Å². The number of rotatable bonds is 8. The Labute approximate surface area is 204 Å². The van der Waals surface area contributed by atoms with Crippen molar-refractivity contribution in [2.24, 2.45) is 0 Å². The maximum absolute atomic E-state index is 12.9. The first-order valence-corrected chi connectivity index (χ1v) is 12.2. The molecule has 1 aliphatic heterocycles. The molecule has 1 fully saturated rings. The van der Waals surface area contributed by atoms with Gasteiger partial charge in [0.1, 0.15) is 0 Å². The Morgan fingerprint density at radius 1 is 1.00 bits per heavy atom. The highest BCUT2D eigenvalue weighted by atomic mass is 16.7. The van der Waals surface area contributed by atoms with Gasteiger partial charge >= 0.3 is 5.97 Å². The molecule has 0 unspecified atom stereocenters. The maximum Gasteiger partial charge on any atom is 0.312 e. The Balaban J connectivity index is 1.33. The molecular weight excluding hydrogens is 444 g/mol. The van der Waals surface area contributed by atoms with Crippen molar-refractivity contribution in [2.45, 2.75) is 50.1 Å². The monoisotopic (exact) mass is 474 g/mol. The summed E-state index contributed by atoms with van der Waals surface area (Å²) in [6.45, 7) is 0.422. The van der Waals surface area contributed by atoms with Gasteiger partial charge in [0.15, 0.2) is 11.5 Å². The zero-order valence-electron chi connectivity index (χ0n) is 19.6. The summed E-state index contributed by atoms with van der Waals surface area (Å²) in [6, 6.07) is 19.0. The van der Waals surface area contributed by atoms with E-state index in [2.05, 4.69) is 17.4 Å². The van der Waals surface area contributed by atoms with Gasteiger partial charge in [-0.25, -0.2) is 0 Å². The van der Waals surface area contributed by atoms with Crippen LogP contribution in [0.25, 0.3) is 0 Å². The van der Waals surface area contributed by atoms with Crippen LogP contribution in [0.1, 0.15) is 54.3 Å². The van der Waals surface area contributed by atoms with Crippen molar-refractivity contribution in [3.63, 3.8) is 0 Å². The summed E-state index contributed by atoms with van der Waals surface area (Å²) >= 11 is 0. The lowest BCUT2D eigenvalue weighted by molar-refractivity contribution is -0.138. The van der Waals surface area contributed by atoms with Crippen molar-refractivity contribution in [1.29, 1.82) is 0 Å². The molecule has 1 aromatic heterocycles. The third kappa shape index (κ3) is 5.25. The van der Waals surface area contributed by atoms with Crippen molar-refractivity contribution in [3.05, 3.63) is 93.9 Å². The van der Waals surface area contributed by atoms with Gasteiger partial charge in [0, 0.05) is 24.8 Å². The summed E-state index contributed by atoms with van der Waals surface area (Å²) in [4.78, 5) is 25.0. The van der Waals surface area contributed by atoms with Gasteiger partial charge in [0.25, 0.3) is 5.56 Å². The molecule has 5 rings (SSSR count). The van der Waals surface area contributed by atoms with Crippen LogP contribution in [0, 0.1) is 0 Å². The third-order valence-corrected chi connectivity index (χ3v) is 7.02. The fourth-order valence-corrected chi connectivity index (χ4v) is 5.17. The van der Waals surface area contributed by atoms with Gasteiger partial charge in [-0.3, -0.25) is 9.59 Å². The SMILES string of the molecule is O=C(O)[C@H](CN[C@H]1CCCC[C@@H]1n1cc(Cc2ccccc2)ccc1=O)c1ccc2c(c1)OCO2. The Morgan fingerprint density at radius 2 is 1.80 bits per heavy atom. The van der Waals surface area contributed by atoms with Crippen LogP contribution >= 0.6 is 0 Å². The molecule has 3 aromatic rings. The van der Waals surface area contributed by atoms with Gasteiger partial charge in [-0.05, 0) is 48.1 Å². The second-order valence-electron chi connectivity index (χ2n) is 9.32. The normalized spacial score (nSPS) is 19.9. The van der Waals surface area contributed by atoms with Crippen LogP contribution in [0.2, 0.25) is 0 Å². The number of carboxylic acids is 1. The number of benzene rings is 2. The fourth-order valence-electron chi connectivity index (χ4n) is 5.17. The maximum atomic E-state index is 12.9. The number of aliphatic carboxylic acids is 1. The van der Waals surface area contributed by atoms with E-state index in [-0.39, 0.29) is 31.0 Å². The van der Waals surface area contributed by atoms with Crippen LogP contribution in [0.4, 0.5) is 0 Å². The number of pyridine rings is 1. The van der Waals surface area contributed by atoms with Crippen molar-refractivity contribution >= 4 is 5.97 Å². The van der Waals surface area contributed by atoms with Gasteiger partial charge in [-0.15, -0.1) is 0 Å². The quantitative estimate of drug-likeness (QED) is 0.511. The lowest BCUT2D eigenvalue weighted by Gasteiger charge is -2.34. The van der Waals surface area contributed by atoms with Gasteiger partial charge in [0.2, 0.25) is 6.79 Å². The molecule has 2 aliphatic rings. The summed E-state index contributed by atoms with van der Waals surface area (Å²) in [5.74, 6) is -0.419. The predicted octanol–water partition coefficient (Wildman–Crippen LogP) is 4.11. The van der Waals surface area contributed by atoms with E-state index in [4.69, 9.17) is 9.47 Å². The lowest BCUT2D eigenvalue weighted by Crippen LogP contribution is -2.45. The van der Waals surface area contributed by atoms with E-state index in [1.807, 2.05) is 35.0 Å². The first-order valence-electron chi connectivity index (χ1n) is 12.2. The number of nitrogens with one attached hydrogen (secondary N) is 1. The average Bonchev–Trinajstić information content (AvgIpc) is 3.34. The largest absolute Gasteiger partial charge is 0.481 e. The van der Waals surface area contributed by atoms with Gasteiger partial charge in [-0.2, -0.15) is 0 Å². The van der Waals surface area contributed by atoms with E-state index in [1.54, 1.807) is 24.3 Å². The minimum atomic E-state index is -0.897. The second-order valence-corrected chi connectivity index (χ2v) is 9.32. The van der Waals surface area contributed by atoms with Gasteiger partial charge in [-0.1, -0.05) is 55.3 Å². The van der Waals surface area contributed by atoms with Crippen LogP contribution in [-0.4, -0.2) is 35.0 Å². The van der Waals surface area contributed by atoms with E-state index >= 15 is 0 Å². The summed E-state index contributed by atoms with van der Waals surface area (Å²) in [5, 5.41) is 13.4. The minimum absolute atomic E-state index is 0.0156. The highest BCUT2D eigenvalue weighted by Gasteiger charge is 2.30. The van der Waals surface area contributed by atoms with Crippen molar-refractivity contribution in [1.82, 2.24) is 9.88 Å². The number of fused-ring (bicyclic) bond motifs is 1. The molecule has 1 aliphatic carbocycles. The molecule has 0 bridgehead atoms. The molecule has 7 nitrogen and oxygen atoms in total. The molecule has 1 saturated carbocycles. The van der Waals surface area contributed by atoms with Crippen LogP contribution in [0.3, 0.4) is 0 Å². The van der Waals surface area contributed by atoms with E-state index in [9.17, 15) is 14.7 Å². The standard InChI is InChI=1S/C28H30N2O5/c31-27-13-10-20(14-19-6-2-1-3-7-19)17-30(27)24-9-5-4-8-23(24)29-16-22(28(32)33)21-11-12-25-26(15-21)35-18-34-25/h1-3,6-7,10-13,15,17,22-24,29H,4-5,8-9,14,16,18H2,(H,32,33)/t22-,23+,24+/m1/s1. The molecule has 2 N–H and O–H groups in total. The highest BCUT2D eigenvalue weighted by Crippen LogP contribution is 2.35. The number of nitrogens with zero attached hydrogens (tertiary/aromatic N) is 1. The average molecular weight is 475 g/mol. The number of carboxylic acid groups (broad SMARTS) is 1. The summed E-state index contributed by atoms with van der Waals surface area (Å²) < 4.78 is 12.6. The number of carbonyl (C=O) groups is 1. The van der Waals surface area contributed by atoms with Crippen LogP contribution in [0.15, 0.2) is 71.7 Å². The minimum Gasteiger partial charge on any atom is -0.481 e. The molecule has 0 amide bonds. The summed E-state index contributed by atoms with van der Waals surface area (Å²) in [5.41, 5.74) is 2.93. The van der Waals surface area contributed by atoms with Crippen LogP contribution in [-0.2, 0) is 11.2 Å². The molecule has 0 spiro atoms. The molecule has 182 valence electrons. The number of ether oxygens (including phenoxy) is 2. The Morgan fingerprint density at radius 3 is 2.63 bits per heavy atom.